The summed E-state index contributed by atoms with van der Waals surface area (Å²) in [5, 5.41) is 3.91. The molecule has 0 aliphatic heterocycles. The number of hydrogen-bond donors (Lipinski definition) is 1. The number of aryl methyl sites for hydroxylation is 1. The van der Waals surface area contributed by atoms with Gasteiger partial charge in [0.05, 0.1) is 40.5 Å². The monoisotopic (exact) mass is 470 g/mol. The van der Waals surface area contributed by atoms with Gasteiger partial charge in [-0.05, 0) is 42.9 Å². The zero-order valence-electron chi connectivity index (χ0n) is 19.4. The summed E-state index contributed by atoms with van der Waals surface area (Å²) in [6.07, 6.45) is 6.43. The predicted octanol–water partition coefficient (Wildman–Crippen LogP) is 4.21. The summed E-state index contributed by atoms with van der Waals surface area (Å²) in [5.41, 5.74) is 1.77. The maximum atomic E-state index is 5.81. The van der Waals surface area contributed by atoms with Crippen molar-refractivity contribution in [1.29, 1.82) is 0 Å². The Balaban J connectivity index is 1.79. The van der Waals surface area contributed by atoms with Gasteiger partial charge in [-0.3, -0.25) is 0 Å². The predicted molar refractivity (Wildman–Crippen MR) is 133 cm³/mol. The smallest absolute Gasteiger partial charge is 0.173 e. The Morgan fingerprint density at radius 2 is 1.67 bits per heavy atom. The Hall–Kier alpha value is -3.46. The van der Waals surface area contributed by atoms with Crippen molar-refractivity contribution in [3.05, 3.63) is 60.7 Å². The Labute approximate surface area is 200 Å². The average molecular weight is 471 g/mol. The van der Waals surface area contributed by atoms with Gasteiger partial charge in [-0.2, -0.15) is 0 Å². The highest BCUT2D eigenvalue weighted by Gasteiger charge is 2.16. The maximum absolute atomic E-state index is 5.81. The van der Waals surface area contributed by atoms with Gasteiger partial charge < -0.3 is 33.7 Å². The first-order valence-corrected chi connectivity index (χ1v) is 10.9. The van der Waals surface area contributed by atoms with E-state index in [0.717, 1.165) is 42.3 Å². The third-order valence-corrected chi connectivity index (χ3v) is 5.56. The molecule has 3 aromatic rings. The van der Waals surface area contributed by atoms with Crippen molar-refractivity contribution in [1.82, 2.24) is 14.5 Å². The van der Waals surface area contributed by atoms with Crippen molar-refractivity contribution < 1.29 is 18.9 Å². The number of methoxy groups -OCH3 is 4. The van der Waals surface area contributed by atoms with Crippen LogP contribution in [0.25, 0.3) is 0 Å². The summed E-state index contributed by atoms with van der Waals surface area (Å²) >= 11 is 5.81. The van der Waals surface area contributed by atoms with Crippen LogP contribution in [0.5, 0.6) is 23.0 Å². The van der Waals surface area contributed by atoms with E-state index in [2.05, 4.69) is 19.8 Å². The lowest BCUT2D eigenvalue weighted by Crippen LogP contribution is -2.35. The molecule has 0 atom stereocenters. The van der Waals surface area contributed by atoms with Gasteiger partial charge in [0.25, 0.3) is 0 Å². The molecule has 0 unspecified atom stereocenters. The Morgan fingerprint density at radius 1 is 0.970 bits per heavy atom. The highest BCUT2D eigenvalue weighted by atomic mass is 32.1. The molecule has 0 bridgehead atoms. The van der Waals surface area contributed by atoms with Gasteiger partial charge in [-0.1, -0.05) is 0 Å². The van der Waals surface area contributed by atoms with Gasteiger partial charge in [0.2, 0.25) is 0 Å². The molecule has 9 heteroatoms. The zero-order valence-corrected chi connectivity index (χ0v) is 20.2. The highest BCUT2D eigenvalue weighted by Crippen LogP contribution is 2.30. The Kier molecular flexibility index (Phi) is 8.77. The third-order valence-electron chi connectivity index (χ3n) is 5.20. The van der Waals surface area contributed by atoms with Crippen LogP contribution in [0.1, 0.15) is 12.0 Å². The summed E-state index contributed by atoms with van der Waals surface area (Å²) in [4.78, 5) is 6.22. The first kappa shape index (κ1) is 24.2. The van der Waals surface area contributed by atoms with Crippen molar-refractivity contribution >= 4 is 23.0 Å². The van der Waals surface area contributed by atoms with Crippen LogP contribution in [0, 0.1) is 0 Å². The van der Waals surface area contributed by atoms with Gasteiger partial charge >= 0.3 is 0 Å². The normalized spacial score (nSPS) is 10.4. The molecule has 0 fully saturated rings. The fraction of sp³-hybridized carbons (Fsp3) is 0.333. The molecular formula is C24H30N4O4S. The summed E-state index contributed by atoms with van der Waals surface area (Å²) in [6.45, 7) is 2.14. The zero-order chi connectivity index (χ0) is 23.6. The first-order valence-electron chi connectivity index (χ1n) is 10.5. The lowest BCUT2D eigenvalue weighted by atomic mass is 10.1. The molecule has 0 saturated heterocycles. The maximum Gasteiger partial charge on any atom is 0.173 e. The molecule has 0 aliphatic rings. The van der Waals surface area contributed by atoms with Crippen LogP contribution in [-0.4, -0.2) is 54.5 Å². The number of ether oxygens (including phenoxy) is 4. The number of benzene rings is 2. The molecule has 1 aromatic heterocycles. The van der Waals surface area contributed by atoms with Crippen LogP contribution < -0.4 is 24.3 Å². The quantitative estimate of drug-likeness (QED) is 0.418. The summed E-state index contributed by atoms with van der Waals surface area (Å²) < 4.78 is 23.8. The summed E-state index contributed by atoms with van der Waals surface area (Å²) in [6, 6.07) is 11.4. The molecule has 3 rings (SSSR count). The molecule has 33 heavy (non-hydrogen) atoms. The van der Waals surface area contributed by atoms with E-state index in [4.69, 9.17) is 31.2 Å². The number of nitrogens with one attached hydrogen (secondary N) is 1. The molecule has 176 valence electrons. The third kappa shape index (κ3) is 6.52. The van der Waals surface area contributed by atoms with Crippen molar-refractivity contribution in [2.24, 2.45) is 0 Å². The second-order valence-corrected chi connectivity index (χ2v) is 7.64. The molecule has 1 N–H and O–H groups in total. The minimum absolute atomic E-state index is 0.571. The average Bonchev–Trinajstić information content (AvgIpc) is 3.37. The second kappa shape index (κ2) is 12.0. The molecule has 0 spiro atoms. The van der Waals surface area contributed by atoms with Gasteiger partial charge in [-0.15, -0.1) is 0 Å². The largest absolute Gasteiger partial charge is 0.497 e. The Bertz CT molecular complexity index is 1040. The fourth-order valence-electron chi connectivity index (χ4n) is 3.40. The van der Waals surface area contributed by atoms with Crippen LogP contribution in [0.2, 0.25) is 0 Å². The molecular weight excluding hydrogens is 440 g/mol. The number of thiocarbonyl (C=S) groups is 1. The van der Waals surface area contributed by atoms with Crippen molar-refractivity contribution in [3.8, 4) is 23.0 Å². The molecule has 0 amide bonds. The Morgan fingerprint density at radius 3 is 2.30 bits per heavy atom. The number of aromatic nitrogens is 2. The molecule has 0 radical (unpaired) electrons. The second-order valence-electron chi connectivity index (χ2n) is 7.25. The van der Waals surface area contributed by atoms with E-state index >= 15 is 0 Å². The number of nitrogens with zero attached hydrogens (tertiary/aromatic N) is 3. The summed E-state index contributed by atoms with van der Waals surface area (Å²) in [7, 11) is 6.53. The minimum Gasteiger partial charge on any atom is -0.497 e. The van der Waals surface area contributed by atoms with E-state index in [1.807, 2.05) is 48.9 Å². The van der Waals surface area contributed by atoms with E-state index in [1.54, 1.807) is 34.6 Å². The molecule has 0 aliphatic carbocycles. The van der Waals surface area contributed by atoms with Crippen molar-refractivity contribution in [3.63, 3.8) is 0 Å². The molecule has 8 nitrogen and oxygen atoms in total. The number of anilines is 1. The topological polar surface area (TPSA) is 70.0 Å². The van der Waals surface area contributed by atoms with E-state index in [-0.39, 0.29) is 0 Å². The fourth-order valence-corrected chi connectivity index (χ4v) is 3.67. The van der Waals surface area contributed by atoms with E-state index in [9.17, 15) is 0 Å². The van der Waals surface area contributed by atoms with Gasteiger partial charge in [0.1, 0.15) is 23.0 Å². The SMILES string of the molecule is COc1ccc(CN(CCCn2ccnc2)C(=S)Nc2ccc(OC)cc2OC)c(OC)c1. The van der Waals surface area contributed by atoms with E-state index in [1.165, 1.54) is 0 Å². The highest BCUT2D eigenvalue weighted by molar-refractivity contribution is 7.80. The standard InChI is InChI=1S/C24H30N4O4S/c1-29-19-7-6-18(22(14-19)31-3)16-28(12-5-11-27-13-10-25-17-27)24(33)26-21-9-8-20(30-2)15-23(21)32-4/h6-10,13-15,17H,5,11-12,16H2,1-4H3,(H,26,33). The van der Waals surface area contributed by atoms with Crippen LogP contribution in [0.4, 0.5) is 5.69 Å². The molecule has 0 saturated carbocycles. The molecule has 1 heterocycles. The van der Waals surface area contributed by atoms with Gasteiger partial charge in [0.15, 0.2) is 5.11 Å². The number of imidazole rings is 1. The first-order chi connectivity index (χ1) is 16.1. The van der Waals surface area contributed by atoms with Crippen LogP contribution >= 0.6 is 12.2 Å². The lowest BCUT2D eigenvalue weighted by molar-refractivity contribution is 0.366. The van der Waals surface area contributed by atoms with E-state index in [0.29, 0.717) is 23.2 Å². The minimum atomic E-state index is 0.571. The van der Waals surface area contributed by atoms with Gasteiger partial charge in [-0.25, -0.2) is 4.98 Å². The summed E-state index contributed by atoms with van der Waals surface area (Å²) in [5.74, 6) is 2.85. The molecule has 2 aromatic carbocycles. The van der Waals surface area contributed by atoms with Crippen LogP contribution in [-0.2, 0) is 13.1 Å². The number of hydrogen-bond acceptors (Lipinski definition) is 6. The number of rotatable bonds is 11. The van der Waals surface area contributed by atoms with Crippen molar-refractivity contribution in [2.45, 2.75) is 19.5 Å². The van der Waals surface area contributed by atoms with E-state index < -0.39 is 0 Å². The van der Waals surface area contributed by atoms with Crippen LogP contribution in [0.15, 0.2) is 55.1 Å². The van der Waals surface area contributed by atoms with Gasteiger partial charge in [0, 0.05) is 49.7 Å². The lowest BCUT2D eigenvalue weighted by Gasteiger charge is -2.27. The van der Waals surface area contributed by atoms with Crippen molar-refractivity contribution in [2.75, 3.05) is 40.3 Å². The van der Waals surface area contributed by atoms with Crippen LogP contribution in [0.3, 0.4) is 0 Å².